The molecule has 0 spiro atoms. The largest absolute Gasteiger partial charge is 0.481 e. The average Bonchev–Trinajstić information content (AvgIpc) is 2.37. The van der Waals surface area contributed by atoms with E-state index in [1.165, 1.54) is 0 Å². The van der Waals surface area contributed by atoms with Crippen LogP contribution < -0.4 is 4.72 Å². The normalized spacial score (nSPS) is 12.8. The molecule has 0 fully saturated rings. The van der Waals surface area contributed by atoms with E-state index in [2.05, 4.69) is 0 Å². The number of sulfonamides is 1. The highest BCUT2D eigenvalue weighted by Crippen LogP contribution is 2.12. The van der Waals surface area contributed by atoms with Crippen LogP contribution in [0.15, 0.2) is 29.2 Å². The number of benzene rings is 1. The molecular weight excluding hydrogens is 305 g/mol. The van der Waals surface area contributed by atoms with E-state index in [-0.39, 0.29) is 24.2 Å². The molecule has 7 nitrogen and oxygen atoms in total. The third-order valence-electron chi connectivity index (χ3n) is 2.60. The molecule has 0 saturated heterocycles. The summed E-state index contributed by atoms with van der Waals surface area (Å²) in [7, 11) is -4.12. The monoisotopic (exact) mass is 319 g/mol. The van der Waals surface area contributed by atoms with E-state index in [0.717, 1.165) is 24.3 Å². The topological polar surface area (TPSA) is 121 Å². The molecule has 1 aromatic rings. The van der Waals surface area contributed by atoms with Crippen LogP contribution in [0.2, 0.25) is 0 Å². The summed E-state index contributed by atoms with van der Waals surface area (Å²) in [6.45, 7) is 0. The second-order valence-corrected chi connectivity index (χ2v) is 5.97. The van der Waals surface area contributed by atoms with Gasteiger partial charge >= 0.3 is 11.9 Å². The first-order valence-corrected chi connectivity index (χ1v) is 7.43. The average molecular weight is 319 g/mol. The predicted octanol–water partition coefficient (Wildman–Crippen LogP) is 0.812. The third-order valence-corrected chi connectivity index (χ3v) is 4.09. The second kappa shape index (κ2) is 7.14. The molecule has 0 bridgehead atoms. The quantitative estimate of drug-likeness (QED) is 0.652. The van der Waals surface area contributed by atoms with E-state index in [0.29, 0.717) is 0 Å². The van der Waals surface area contributed by atoms with Crippen molar-refractivity contribution in [2.75, 3.05) is 0 Å². The molecule has 21 heavy (non-hydrogen) atoms. The molecule has 0 aliphatic heterocycles. The molecule has 1 aromatic carbocycles. The van der Waals surface area contributed by atoms with E-state index in [9.17, 15) is 22.4 Å². The Bertz CT molecular complexity index is 613. The van der Waals surface area contributed by atoms with Crippen LogP contribution >= 0.6 is 0 Å². The summed E-state index contributed by atoms with van der Waals surface area (Å²) in [4.78, 5) is 21.1. The summed E-state index contributed by atoms with van der Waals surface area (Å²) in [6.07, 6.45) is -0.414. The van der Waals surface area contributed by atoms with Crippen molar-refractivity contribution in [1.82, 2.24) is 4.72 Å². The minimum absolute atomic E-state index is 0.0121. The lowest BCUT2D eigenvalue weighted by molar-refractivity contribution is -0.140. The van der Waals surface area contributed by atoms with Gasteiger partial charge in [0.25, 0.3) is 0 Å². The lowest BCUT2D eigenvalue weighted by atomic mass is 10.1. The van der Waals surface area contributed by atoms with Crippen LogP contribution in [-0.4, -0.2) is 36.6 Å². The van der Waals surface area contributed by atoms with Gasteiger partial charge in [0.05, 0.1) is 4.90 Å². The number of carboxylic acids is 2. The van der Waals surface area contributed by atoms with Gasteiger partial charge in [0, 0.05) is 6.42 Å². The van der Waals surface area contributed by atoms with E-state index in [4.69, 9.17) is 10.2 Å². The number of rotatable bonds is 8. The van der Waals surface area contributed by atoms with Crippen LogP contribution in [0.1, 0.15) is 19.3 Å². The van der Waals surface area contributed by atoms with Crippen molar-refractivity contribution in [2.45, 2.75) is 30.2 Å². The van der Waals surface area contributed by atoms with Crippen molar-refractivity contribution in [2.24, 2.45) is 0 Å². The van der Waals surface area contributed by atoms with Gasteiger partial charge in [-0.2, -0.15) is 4.72 Å². The Morgan fingerprint density at radius 2 is 1.76 bits per heavy atom. The number of hydrogen-bond donors (Lipinski definition) is 3. The summed E-state index contributed by atoms with van der Waals surface area (Å²) in [5.74, 6) is -3.13. The van der Waals surface area contributed by atoms with Crippen molar-refractivity contribution in [1.29, 1.82) is 0 Å². The molecule has 1 rings (SSSR count). The molecule has 0 aromatic heterocycles. The first-order valence-electron chi connectivity index (χ1n) is 5.95. The summed E-state index contributed by atoms with van der Waals surface area (Å²) in [5, 5.41) is 17.4. The van der Waals surface area contributed by atoms with Crippen LogP contribution in [0.25, 0.3) is 0 Å². The lowest BCUT2D eigenvalue weighted by Gasteiger charge is -2.14. The zero-order chi connectivity index (χ0) is 16.0. The Kier molecular flexibility index (Phi) is 5.79. The molecule has 0 aliphatic carbocycles. The van der Waals surface area contributed by atoms with Crippen molar-refractivity contribution in [3.63, 3.8) is 0 Å². The molecule has 0 saturated carbocycles. The van der Waals surface area contributed by atoms with Crippen LogP contribution in [0.3, 0.4) is 0 Å². The van der Waals surface area contributed by atoms with Gasteiger partial charge in [-0.25, -0.2) is 12.8 Å². The van der Waals surface area contributed by atoms with E-state index in [1.807, 2.05) is 4.72 Å². The van der Waals surface area contributed by atoms with Crippen molar-refractivity contribution >= 4 is 22.0 Å². The molecule has 116 valence electrons. The van der Waals surface area contributed by atoms with Gasteiger partial charge in [0.15, 0.2) is 0 Å². The Labute approximate surface area is 120 Å². The Morgan fingerprint density at radius 3 is 2.24 bits per heavy atom. The Morgan fingerprint density at radius 1 is 1.19 bits per heavy atom. The predicted molar refractivity (Wildman–Crippen MR) is 69.6 cm³/mol. The van der Waals surface area contributed by atoms with Crippen LogP contribution in [0.4, 0.5) is 4.39 Å². The fourth-order valence-corrected chi connectivity index (χ4v) is 2.78. The smallest absolute Gasteiger partial charge is 0.321 e. The third kappa shape index (κ3) is 5.48. The van der Waals surface area contributed by atoms with Gasteiger partial charge in [0.1, 0.15) is 11.9 Å². The number of halogens is 1. The standard InChI is InChI=1S/C12H14FNO6S/c13-8-4-6-9(7-5-8)21(19,20)14-10(12(17)18)2-1-3-11(15)16/h4-7,10,14H,1-3H2,(H,15,16)(H,17,18)/t10-/m1/s1. The highest BCUT2D eigenvalue weighted by atomic mass is 32.2. The minimum Gasteiger partial charge on any atom is -0.481 e. The van der Waals surface area contributed by atoms with Gasteiger partial charge in [0.2, 0.25) is 10.0 Å². The number of carboxylic acid groups (broad SMARTS) is 2. The Balaban J connectivity index is 2.79. The minimum atomic E-state index is -4.12. The van der Waals surface area contributed by atoms with Gasteiger partial charge in [-0.3, -0.25) is 9.59 Å². The Hall–Kier alpha value is -2.00. The van der Waals surface area contributed by atoms with Gasteiger partial charge in [-0.1, -0.05) is 0 Å². The van der Waals surface area contributed by atoms with Gasteiger partial charge < -0.3 is 10.2 Å². The zero-order valence-electron chi connectivity index (χ0n) is 10.8. The van der Waals surface area contributed by atoms with Crippen LogP contribution in [0, 0.1) is 5.82 Å². The highest BCUT2D eigenvalue weighted by Gasteiger charge is 2.25. The van der Waals surface area contributed by atoms with Crippen molar-refractivity contribution < 1.29 is 32.6 Å². The molecular formula is C12H14FNO6S. The summed E-state index contributed by atoms with van der Waals surface area (Å²) in [5.41, 5.74) is 0. The number of aliphatic carboxylic acids is 2. The maximum Gasteiger partial charge on any atom is 0.321 e. The van der Waals surface area contributed by atoms with Gasteiger partial charge in [-0.15, -0.1) is 0 Å². The molecule has 0 amide bonds. The van der Waals surface area contributed by atoms with E-state index >= 15 is 0 Å². The summed E-state index contributed by atoms with van der Waals surface area (Å²) in [6, 6.07) is 2.45. The molecule has 0 unspecified atom stereocenters. The van der Waals surface area contributed by atoms with Crippen LogP contribution in [0.5, 0.6) is 0 Å². The number of hydrogen-bond acceptors (Lipinski definition) is 4. The molecule has 3 N–H and O–H groups in total. The SMILES string of the molecule is O=C(O)CCC[C@@H](NS(=O)(=O)c1ccc(F)cc1)C(=O)O. The fourth-order valence-electron chi connectivity index (χ4n) is 1.56. The molecule has 0 heterocycles. The van der Waals surface area contributed by atoms with Crippen molar-refractivity contribution in [3.8, 4) is 0 Å². The van der Waals surface area contributed by atoms with Crippen molar-refractivity contribution in [3.05, 3.63) is 30.1 Å². The first-order chi connectivity index (χ1) is 9.72. The lowest BCUT2D eigenvalue weighted by Crippen LogP contribution is -2.40. The highest BCUT2D eigenvalue weighted by molar-refractivity contribution is 7.89. The second-order valence-electron chi connectivity index (χ2n) is 4.25. The fraction of sp³-hybridized carbons (Fsp3) is 0.333. The summed E-state index contributed by atoms with van der Waals surface area (Å²) < 4.78 is 38.6. The maximum absolute atomic E-state index is 12.7. The first kappa shape index (κ1) is 17.1. The maximum atomic E-state index is 12.7. The van der Waals surface area contributed by atoms with Crippen LogP contribution in [-0.2, 0) is 19.6 Å². The van der Waals surface area contributed by atoms with Gasteiger partial charge in [-0.05, 0) is 37.1 Å². The number of nitrogens with one attached hydrogen (secondary N) is 1. The molecule has 9 heteroatoms. The zero-order valence-corrected chi connectivity index (χ0v) is 11.6. The molecule has 0 radical (unpaired) electrons. The molecule has 0 aliphatic rings. The molecule has 1 atom stereocenters. The van der Waals surface area contributed by atoms with E-state index < -0.39 is 33.8 Å². The number of carbonyl (C=O) groups is 2. The van der Waals surface area contributed by atoms with E-state index in [1.54, 1.807) is 0 Å². The summed E-state index contributed by atoms with van der Waals surface area (Å²) >= 11 is 0.